The fraction of sp³-hybridized carbons (Fsp3) is 0.595. The third kappa shape index (κ3) is 8.46. The molecule has 65 heavy (non-hydrogen) atoms. The average molecular weight is 998 g/mol. The summed E-state index contributed by atoms with van der Waals surface area (Å²) in [6.07, 6.45) is -25.4. The fourth-order valence-corrected chi connectivity index (χ4v) is 7.02. The van der Waals surface area contributed by atoms with Crippen molar-refractivity contribution in [3.05, 3.63) is 75.4 Å². The van der Waals surface area contributed by atoms with E-state index in [0.717, 1.165) is 0 Å². The Labute approximate surface area is 349 Å². The molecule has 2 nitrogen and oxygen atoms in total. The van der Waals surface area contributed by atoms with E-state index in [0.29, 0.717) is 26.6 Å². The van der Waals surface area contributed by atoms with Gasteiger partial charge < -0.3 is 0 Å². The van der Waals surface area contributed by atoms with Crippen molar-refractivity contribution in [2.24, 2.45) is 0 Å². The van der Waals surface area contributed by atoms with E-state index in [1.807, 2.05) is 0 Å². The second kappa shape index (κ2) is 16.3. The highest BCUT2D eigenvalue weighted by atomic mass is 19.4. The zero-order valence-corrected chi connectivity index (χ0v) is 33.4. The van der Waals surface area contributed by atoms with Gasteiger partial charge in [0.25, 0.3) is 6.33 Å². The number of aromatic nitrogens is 2. The molecule has 0 bridgehead atoms. The summed E-state index contributed by atoms with van der Waals surface area (Å²) in [5.41, 5.74) is -2.56. The minimum atomic E-state index is -8.35. The fourth-order valence-electron chi connectivity index (χ4n) is 7.02. The highest BCUT2D eigenvalue weighted by Crippen LogP contribution is 2.62. The third-order valence-corrected chi connectivity index (χ3v) is 10.2. The van der Waals surface area contributed by atoms with Crippen LogP contribution in [0.15, 0.2) is 30.6 Å². The summed E-state index contributed by atoms with van der Waals surface area (Å²) in [5.74, 6) is -79.1. The Balaban J connectivity index is 2.44. The van der Waals surface area contributed by atoms with E-state index < -0.39 is 109 Å². The molecule has 1 heterocycles. The molecule has 0 saturated carbocycles. The van der Waals surface area contributed by atoms with Crippen molar-refractivity contribution in [2.75, 3.05) is 0 Å². The van der Waals surface area contributed by atoms with E-state index >= 15 is 17.6 Å². The van der Waals surface area contributed by atoms with Crippen LogP contribution < -0.4 is 4.57 Å². The maximum atomic E-state index is 15.3. The lowest BCUT2D eigenvalue weighted by molar-refractivity contribution is -0.604. The predicted molar refractivity (Wildman–Crippen MR) is 174 cm³/mol. The first-order valence-electron chi connectivity index (χ1n) is 17.8. The Kier molecular flexibility index (Phi) is 13.8. The van der Waals surface area contributed by atoms with E-state index in [2.05, 4.69) is 0 Å². The van der Waals surface area contributed by atoms with Crippen molar-refractivity contribution >= 4 is 0 Å². The monoisotopic (exact) mass is 997 g/mol. The van der Waals surface area contributed by atoms with Gasteiger partial charge in [-0.2, -0.15) is 123 Å². The molecule has 0 atom stereocenters. The lowest BCUT2D eigenvalue weighted by atomic mass is 9.90. The minimum absolute atomic E-state index is 0.0169. The lowest BCUT2D eigenvalue weighted by Crippen LogP contribution is -2.70. The zero-order chi connectivity index (χ0) is 51.3. The summed E-state index contributed by atoms with van der Waals surface area (Å²) in [6.45, 7) is 7.66. The van der Waals surface area contributed by atoms with Gasteiger partial charge in [0.2, 0.25) is 0 Å². The molecule has 0 saturated heterocycles. The standard InChI is InChI=1S/C37H31F26N2/c1-16-11-18(3)24(19(4)12-16)64-15-65(25-20(5)13-17(2)14-21(25)6)23(8-10-27(40,41)29(44,45)31(48,49)33(52,53)35(56,57)37(61,62)63)22(64)7-9-26(38,39)28(42,43)30(46,47)32(50,51)34(54,55)36(58,59)60/h11-15H,7-10H2,1-6H3/q+1. The Morgan fingerprint density at radius 1 is 0.385 bits per heavy atom. The van der Waals surface area contributed by atoms with E-state index in [-0.39, 0.29) is 33.6 Å². The first kappa shape index (κ1) is 55.2. The number of aryl methyl sites for hydroxylation is 6. The van der Waals surface area contributed by atoms with E-state index in [9.17, 15) is 96.6 Å². The van der Waals surface area contributed by atoms with Gasteiger partial charge in [-0.3, -0.25) is 0 Å². The van der Waals surface area contributed by atoms with Gasteiger partial charge in [0, 0.05) is 25.7 Å². The number of hydrogen-bond donors (Lipinski definition) is 0. The van der Waals surface area contributed by atoms with Gasteiger partial charge in [0.1, 0.15) is 11.4 Å². The Bertz CT molecular complexity index is 2040. The molecule has 0 unspecified atom stereocenters. The summed E-state index contributed by atoms with van der Waals surface area (Å²) >= 11 is 0. The Morgan fingerprint density at radius 3 is 1.00 bits per heavy atom. The van der Waals surface area contributed by atoms with Crippen LogP contribution in [0.3, 0.4) is 0 Å². The van der Waals surface area contributed by atoms with Crippen molar-refractivity contribution in [3.63, 3.8) is 0 Å². The molecule has 0 amide bonds. The molecule has 0 spiro atoms. The van der Waals surface area contributed by atoms with E-state index in [1.165, 1.54) is 65.8 Å². The van der Waals surface area contributed by atoms with Gasteiger partial charge in [-0.1, -0.05) is 35.4 Å². The molecule has 0 aliphatic heterocycles. The normalized spacial score (nSPS) is 15.0. The van der Waals surface area contributed by atoms with Gasteiger partial charge in [-0.05, 0) is 63.8 Å². The number of benzene rings is 2. The molecule has 2 aromatic carbocycles. The van der Waals surface area contributed by atoms with Gasteiger partial charge >= 0.3 is 71.6 Å². The van der Waals surface area contributed by atoms with Crippen molar-refractivity contribution in [3.8, 4) is 11.4 Å². The second-order valence-electron chi connectivity index (χ2n) is 15.2. The van der Waals surface area contributed by atoms with Crippen LogP contribution in [0.5, 0.6) is 0 Å². The predicted octanol–water partition coefficient (Wildman–Crippen LogP) is 13.9. The average Bonchev–Trinajstić information content (AvgIpc) is 3.44. The van der Waals surface area contributed by atoms with Crippen molar-refractivity contribution in [2.45, 2.75) is 139 Å². The van der Waals surface area contributed by atoms with Crippen LogP contribution in [-0.4, -0.2) is 76.1 Å². The number of rotatable bonds is 16. The van der Waals surface area contributed by atoms with Crippen molar-refractivity contribution in [1.82, 2.24) is 4.57 Å². The highest BCUT2D eigenvalue weighted by Gasteiger charge is 2.92. The van der Waals surface area contributed by atoms with Crippen LogP contribution in [0.25, 0.3) is 11.4 Å². The van der Waals surface area contributed by atoms with E-state index in [4.69, 9.17) is 0 Å². The molecule has 0 aliphatic carbocycles. The van der Waals surface area contributed by atoms with Crippen LogP contribution in [0.1, 0.15) is 57.6 Å². The van der Waals surface area contributed by atoms with Crippen molar-refractivity contribution in [1.29, 1.82) is 0 Å². The molecule has 1 aromatic heterocycles. The minimum Gasteiger partial charge on any atom is -0.200 e. The summed E-state index contributed by atoms with van der Waals surface area (Å²) in [6, 6.07) is 5.05. The number of alkyl halides is 26. The smallest absolute Gasteiger partial charge is 0.200 e. The number of hydrogen-bond acceptors (Lipinski definition) is 0. The molecular formula is C37H31F26N2+. The molecule has 28 heteroatoms. The van der Waals surface area contributed by atoms with Crippen LogP contribution in [0.2, 0.25) is 0 Å². The molecule has 3 aromatic rings. The van der Waals surface area contributed by atoms with Crippen LogP contribution in [-0.2, 0) is 12.8 Å². The largest absolute Gasteiger partial charge is 0.460 e. The Hall–Kier alpha value is -4.17. The maximum Gasteiger partial charge on any atom is 0.460 e. The second-order valence-corrected chi connectivity index (χ2v) is 15.2. The molecule has 370 valence electrons. The van der Waals surface area contributed by atoms with Crippen molar-refractivity contribution < 1.29 is 119 Å². The lowest BCUT2D eigenvalue weighted by Gasteiger charge is -2.39. The molecule has 3 rings (SSSR count). The number of imidazole rings is 1. The van der Waals surface area contributed by atoms with Crippen LogP contribution in [0.4, 0.5) is 114 Å². The maximum absolute atomic E-state index is 15.3. The SMILES string of the molecule is Cc1cc(C)c(-n2c[n+](-c3c(C)cc(C)cc3C)c(CCC(F)(F)C(F)(F)C(F)(F)C(F)(F)C(F)(F)C(F)(F)F)c2CCC(F)(F)C(F)(F)C(F)(F)C(F)(F)C(F)(F)C(F)(F)F)c(C)c1. The van der Waals surface area contributed by atoms with Crippen LogP contribution in [0, 0.1) is 41.5 Å². The summed E-state index contributed by atoms with van der Waals surface area (Å²) in [5, 5.41) is 0. The van der Waals surface area contributed by atoms with E-state index in [1.54, 1.807) is 0 Å². The quantitative estimate of drug-likeness (QED) is 0.0999. The van der Waals surface area contributed by atoms with Crippen LogP contribution >= 0.6 is 0 Å². The molecule has 0 radical (unpaired) electrons. The molecule has 0 aliphatic rings. The van der Waals surface area contributed by atoms with Gasteiger partial charge in [0.15, 0.2) is 11.4 Å². The zero-order valence-electron chi connectivity index (χ0n) is 33.4. The van der Waals surface area contributed by atoms with Gasteiger partial charge in [0.05, 0.1) is 0 Å². The van der Waals surface area contributed by atoms with Gasteiger partial charge in [-0.25, -0.2) is 0 Å². The summed E-state index contributed by atoms with van der Waals surface area (Å²) in [4.78, 5) is 0. The number of nitrogens with zero attached hydrogens (tertiary/aromatic N) is 2. The van der Waals surface area contributed by atoms with Gasteiger partial charge in [-0.15, -0.1) is 0 Å². The molecule has 0 N–H and O–H groups in total. The molecular weight excluding hydrogens is 966 g/mol. The Morgan fingerprint density at radius 2 is 0.677 bits per heavy atom. The topological polar surface area (TPSA) is 8.81 Å². The first-order valence-corrected chi connectivity index (χ1v) is 17.8. The highest BCUT2D eigenvalue weighted by molar-refractivity contribution is 5.51. The third-order valence-electron chi connectivity index (χ3n) is 10.2. The summed E-state index contributed by atoms with van der Waals surface area (Å²) in [7, 11) is 0. The first-order chi connectivity index (χ1) is 28.6. The number of halogens is 26. The summed E-state index contributed by atoms with van der Waals surface area (Å²) < 4.78 is 366. The molecule has 0 fully saturated rings.